The lowest BCUT2D eigenvalue weighted by Gasteiger charge is -2.13. The summed E-state index contributed by atoms with van der Waals surface area (Å²) in [5.74, 6) is 0.290. The molecular formula is C7H14N4O2S. The Labute approximate surface area is 86.6 Å². The number of nitrogens with one attached hydrogen (secondary N) is 1. The lowest BCUT2D eigenvalue weighted by molar-refractivity contribution is 0.0365. The molecule has 80 valence electrons. The van der Waals surface area contributed by atoms with E-state index in [4.69, 9.17) is 15.2 Å². The molecule has 1 heterocycles. The third-order valence-corrected chi connectivity index (χ3v) is 2.30. The van der Waals surface area contributed by atoms with Crippen LogP contribution < -0.4 is 11.1 Å². The number of aromatic nitrogens is 2. The van der Waals surface area contributed by atoms with Gasteiger partial charge in [0.1, 0.15) is 0 Å². The number of rotatable bonds is 6. The molecule has 0 saturated heterocycles. The Morgan fingerprint density at radius 2 is 2.36 bits per heavy atom. The molecule has 1 atom stereocenters. The standard InChI is InChI=1S/C7H14N4O2S/c1-12-4-5(13-2)3-9-7-10-6(8)11-14-7/h5H,3-4H2,1-2H3,(H3,8,9,10,11). The summed E-state index contributed by atoms with van der Waals surface area (Å²) in [5.41, 5.74) is 5.37. The molecule has 0 aliphatic heterocycles. The third kappa shape index (κ3) is 3.44. The summed E-state index contributed by atoms with van der Waals surface area (Å²) >= 11 is 1.23. The average Bonchev–Trinajstić information content (AvgIpc) is 2.59. The van der Waals surface area contributed by atoms with Crippen molar-refractivity contribution in [2.75, 3.05) is 38.4 Å². The van der Waals surface area contributed by atoms with Crippen molar-refractivity contribution in [1.29, 1.82) is 0 Å². The van der Waals surface area contributed by atoms with Gasteiger partial charge in [-0.05, 0) is 0 Å². The van der Waals surface area contributed by atoms with Gasteiger partial charge in [-0.1, -0.05) is 0 Å². The van der Waals surface area contributed by atoms with Crippen LogP contribution in [0.25, 0.3) is 0 Å². The number of hydrogen-bond acceptors (Lipinski definition) is 7. The molecule has 0 fully saturated rings. The molecule has 0 aromatic carbocycles. The van der Waals surface area contributed by atoms with Crippen LogP contribution in [-0.4, -0.2) is 42.8 Å². The van der Waals surface area contributed by atoms with Crippen molar-refractivity contribution in [3.8, 4) is 0 Å². The van der Waals surface area contributed by atoms with Crippen LogP contribution in [0.4, 0.5) is 11.1 Å². The van der Waals surface area contributed by atoms with Gasteiger partial charge < -0.3 is 20.5 Å². The highest BCUT2D eigenvalue weighted by atomic mass is 32.1. The maximum atomic E-state index is 5.37. The van der Waals surface area contributed by atoms with Gasteiger partial charge in [-0.3, -0.25) is 0 Å². The van der Waals surface area contributed by atoms with Crippen LogP contribution in [0.3, 0.4) is 0 Å². The minimum absolute atomic E-state index is 0.00474. The van der Waals surface area contributed by atoms with Gasteiger partial charge in [0.15, 0.2) is 0 Å². The number of nitrogens with two attached hydrogens (primary N) is 1. The third-order valence-electron chi connectivity index (χ3n) is 1.61. The van der Waals surface area contributed by atoms with Gasteiger partial charge in [-0.25, -0.2) is 0 Å². The molecule has 1 aromatic rings. The summed E-state index contributed by atoms with van der Waals surface area (Å²) in [5, 5.41) is 3.76. The van der Waals surface area contributed by atoms with Gasteiger partial charge in [0, 0.05) is 32.3 Å². The van der Waals surface area contributed by atoms with Gasteiger partial charge in [0.2, 0.25) is 11.1 Å². The van der Waals surface area contributed by atoms with Crippen molar-refractivity contribution < 1.29 is 9.47 Å². The zero-order valence-corrected chi connectivity index (χ0v) is 9.00. The molecule has 1 aromatic heterocycles. The van der Waals surface area contributed by atoms with Crippen molar-refractivity contribution in [2.45, 2.75) is 6.10 Å². The zero-order chi connectivity index (χ0) is 10.4. The lowest BCUT2D eigenvalue weighted by atomic mass is 10.4. The summed E-state index contributed by atoms with van der Waals surface area (Å²) in [6, 6.07) is 0. The van der Waals surface area contributed by atoms with Gasteiger partial charge in [0.05, 0.1) is 12.7 Å². The number of hydrogen-bond donors (Lipinski definition) is 2. The van der Waals surface area contributed by atoms with Crippen molar-refractivity contribution in [3.63, 3.8) is 0 Å². The molecule has 0 saturated carbocycles. The Morgan fingerprint density at radius 1 is 1.57 bits per heavy atom. The second-order valence-corrected chi connectivity index (χ2v) is 3.40. The maximum Gasteiger partial charge on any atom is 0.233 e. The fourth-order valence-electron chi connectivity index (χ4n) is 0.904. The summed E-state index contributed by atoms with van der Waals surface area (Å²) in [6.07, 6.45) is 0.00474. The van der Waals surface area contributed by atoms with E-state index in [1.54, 1.807) is 14.2 Å². The number of ether oxygens (including phenoxy) is 2. The quantitative estimate of drug-likeness (QED) is 0.709. The smallest absolute Gasteiger partial charge is 0.233 e. The molecular weight excluding hydrogens is 204 g/mol. The van der Waals surface area contributed by atoms with Gasteiger partial charge in [-0.15, -0.1) is 0 Å². The van der Waals surface area contributed by atoms with E-state index in [0.717, 1.165) is 0 Å². The minimum Gasteiger partial charge on any atom is -0.382 e. The lowest BCUT2D eigenvalue weighted by Crippen LogP contribution is -2.26. The highest BCUT2D eigenvalue weighted by Crippen LogP contribution is 2.11. The van der Waals surface area contributed by atoms with Crippen LogP contribution in [0.5, 0.6) is 0 Å². The van der Waals surface area contributed by atoms with Crippen LogP contribution in [0.2, 0.25) is 0 Å². The molecule has 1 unspecified atom stereocenters. The van der Waals surface area contributed by atoms with Crippen LogP contribution in [0.1, 0.15) is 0 Å². The predicted octanol–water partition coefficient (Wildman–Crippen LogP) is 0.194. The van der Waals surface area contributed by atoms with E-state index < -0.39 is 0 Å². The minimum atomic E-state index is 0.00474. The second-order valence-electron chi connectivity index (χ2n) is 2.65. The Bertz CT molecular complexity index is 268. The second kappa shape index (κ2) is 5.74. The van der Waals surface area contributed by atoms with E-state index in [2.05, 4.69) is 14.7 Å². The Morgan fingerprint density at radius 3 is 2.86 bits per heavy atom. The van der Waals surface area contributed by atoms with Gasteiger partial charge in [0.25, 0.3) is 0 Å². The maximum absolute atomic E-state index is 5.37. The first-order valence-corrected chi connectivity index (χ1v) is 4.88. The number of methoxy groups -OCH3 is 2. The molecule has 0 bridgehead atoms. The number of nitrogen functional groups attached to an aromatic ring is 1. The molecule has 7 heteroatoms. The van der Waals surface area contributed by atoms with Gasteiger partial charge >= 0.3 is 0 Å². The van der Waals surface area contributed by atoms with Crippen molar-refractivity contribution in [1.82, 2.24) is 9.36 Å². The molecule has 0 radical (unpaired) electrons. The van der Waals surface area contributed by atoms with E-state index >= 15 is 0 Å². The first kappa shape index (κ1) is 11.2. The summed E-state index contributed by atoms with van der Waals surface area (Å²) in [7, 11) is 3.27. The number of anilines is 2. The van der Waals surface area contributed by atoms with Crippen molar-refractivity contribution >= 4 is 22.6 Å². The molecule has 0 aliphatic carbocycles. The largest absolute Gasteiger partial charge is 0.382 e. The Balaban J connectivity index is 2.31. The SMILES string of the molecule is COCC(CNc1nc(N)ns1)OC. The average molecular weight is 218 g/mol. The molecule has 1 rings (SSSR count). The molecule has 6 nitrogen and oxygen atoms in total. The Kier molecular flexibility index (Phi) is 4.57. The molecule has 14 heavy (non-hydrogen) atoms. The van der Waals surface area contributed by atoms with E-state index in [-0.39, 0.29) is 6.10 Å². The van der Waals surface area contributed by atoms with Crippen molar-refractivity contribution in [2.24, 2.45) is 0 Å². The molecule has 0 aliphatic rings. The fraction of sp³-hybridized carbons (Fsp3) is 0.714. The molecule has 0 amide bonds. The fourth-order valence-corrected chi connectivity index (χ4v) is 1.41. The van der Waals surface area contributed by atoms with Crippen LogP contribution in [0.15, 0.2) is 0 Å². The van der Waals surface area contributed by atoms with E-state index in [9.17, 15) is 0 Å². The van der Waals surface area contributed by atoms with E-state index in [0.29, 0.717) is 24.2 Å². The van der Waals surface area contributed by atoms with Crippen molar-refractivity contribution in [3.05, 3.63) is 0 Å². The van der Waals surface area contributed by atoms with Gasteiger partial charge in [-0.2, -0.15) is 9.36 Å². The highest BCUT2D eigenvalue weighted by molar-refractivity contribution is 7.09. The summed E-state index contributed by atoms with van der Waals surface area (Å²) in [6.45, 7) is 1.16. The van der Waals surface area contributed by atoms with E-state index in [1.807, 2.05) is 0 Å². The van der Waals surface area contributed by atoms with Crippen LogP contribution >= 0.6 is 11.5 Å². The topological polar surface area (TPSA) is 82.3 Å². The Hall–Kier alpha value is -0.920. The highest BCUT2D eigenvalue weighted by Gasteiger charge is 2.07. The monoisotopic (exact) mass is 218 g/mol. The predicted molar refractivity (Wildman–Crippen MR) is 55.5 cm³/mol. The van der Waals surface area contributed by atoms with Crippen LogP contribution in [0, 0.1) is 0 Å². The van der Waals surface area contributed by atoms with Crippen LogP contribution in [-0.2, 0) is 9.47 Å². The summed E-state index contributed by atoms with van der Waals surface area (Å²) in [4.78, 5) is 3.95. The normalized spacial score (nSPS) is 12.7. The molecule has 3 N–H and O–H groups in total. The zero-order valence-electron chi connectivity index (χ0n) is 8.19. The first-order valence-electron chi connectivity index (χ1n) is 4.11. The summed E-state index contributed by atoms with van der Waals surface area (Å²) < 4.78 is 14.0. The molecule has 0 spiro atoms. The first-order chi connectivity index (χ1) is 6.76. The number of nitrogens with zero attached hydrogens (tertiary/aromatic N) is 2. The van der Waals surface area contributed by atoms with E-state index in [1.165, 1.54) is 11.5 Å².